The first kappa shape index (κ1) is 9.62. The van der Waals surface area contributed by atoms with Crippen molar-refractivity contribution in [2.45, 2.75) is 13.5 Å². The lowest BCUT2D eigenvalue weighted by molar-refractivity contribution is 0.165. The molecule has 76 valence electrons. The van der Waals surface area contributed by atoms with Gasteiger partial charge in [0.2, 0.25) is 0 Å². The highest BCUT2D eigenvalue weighted by molar-refractivity contribution is 6.31. The van der Waals surface area contributed by atoms with Crippen LogP contribution in [0.4, 0.5) is 0 Å². The summed E-state index contributed by atoms with van der Waals surface area (Å²) in [6, 6.07) is 1.73. The Hall–Kier alpha value is -0.930. The SMILES string of the molecule is Cc1c(Cl)cc2c(c1CO)OCCO2. The van der Waals surface area contributed by atoms with Crippen LogP contribution in [0.25, 0.3) is 0 Å². The number of halogens is 1. The first-order valence-electron chi connectivity index (χ1n) is 4.42. The number of hydrogen-bond donors (Lipinski definition) is 1. The van der Waals surface area contributed by atoms with Gasteiger partial charge in [-0.2, -0.15) is 0 Å². The highest BCUT2D eigenvalue weighted by atomic mass is 35.5. The first-order chi connectivity index (χ1) is 6.74. The number of hydrogen-bond acceptors (Lipinski definition) is 3. The van der Waals surface area contributed by atoms with Crippen LogP contribution in [0.5, 0.6) is 11.5 Å². The Kier molecular flexibility index (Phi) is 2.52. The lowest BCUT2D eigenvalue weighted by atomic mass is 10.1. The molecule has 0 fully saturated rings. The molecule has 0 saturated heterocycles. The van der Waals surface area contributed by atoms with E-state index in [1.165, 1.54) is 0 Å². The van der Waals surface area contributed by atoms with Crippen molar-refractivity contribution in [3.05, 3.63) is 22.2 Å². The van der Waals surface area contributed by atoms with Gasteiger partial charge in [0.1, 0.15) is 13.2 Å². The van der Waals surface area contributed by atoms with Gasteiger partial charge < -0.3 is 14.6 Å². The zero-order valence-electron chi connectivity index (χ0n) is 7.84. The number of fused-ring (bicyclic) bond motifs is 1. The molecule has 0 radical (unpaired) electrons. The highest BCUT2D eigenvalue weighted by Gasteiger charge is 2.19. The standard InChI is InChI=1S/C10H11ClO3/c1-6-7(5-12)10-9(4-8(6)11)13-2-3-14-10/h4,12H,2-3,5H2,1H3. The molecule has 0 unspecified atom stereocenters. The minimum absolute atomic E-state index is 0.0852. The molecule has 14 heavy (non-hydrogen) atoms. The third-order valence-corrected chi connectivity index (χ3v) is 2.70. The number of aliphatic hydroxyl groups is 1. The molecule has 0 amide bonds. The van der Waals surface area contributed by atoms with E-state index in [-0.39, 0.29) is 6.61 Å². The summed E-state index contributed by atoms with van der Waals surface area (Å²) in [4.78, 5) is 0. The fourth-order valence-electron chi connectivity index (χ4n) is 1.50. The monoisotopic (exact) mass is 214 g/mol. The second kappa shape index (κ2) is 3.67. The summed E-state index contributed by atoms with van der Waals surface area (Å²) < 4.78 is 10.8. The maximum atomic E-state index is 9.20. The van der Waals surface area contributed by atoms with Gasteiger partial charge in [-0.1, -0.05) is 11.6 Å². The lowest BCUT2D eigenvalue weighted by Gasteiger charge is -2.22. The number of rotatable bonds is 1. The summed E-state index contributed by atoms with van der Waals surface area (Å²) in [5.41, 5.74) is 1.56. The fourth-order valence-corrected chi connectivity index (χ4v) is 1.72. The molecule has 3 nitrogen and oxygen atoms in total. The molecular formula is C10H11ClO3. The molecule has 2 rings (SSSR count). The minimum Gasteiger partial charge on any atom is -0.486 e. The summed E-state index contributed by atoms with van der Waals surface area (Å²) in [6.07, 6.45) is 0. The van der Waals surface area contributed by atoms with Gasteiger partial charge in [-0.05, 0) is 12.5 Å². The van der Waals surface area contributed by atoms with Crippen LogP contribution in [-0.4, -0.2) is 18.3 Å². The Bertz CT molecular complexity index is 363. The van der Waals surface area contributed by atoms with Crippen molar-refractivity contribution in [1.29, 1.82) is 0 Å². The van der Waals surface area contributed by atoms with Gasteiger partial charge in [-0.25, -0.2) is 0 Å². The molecule has 0 bridgehead atoms. The first-order valence-corrected chi connectivity index (χ1v) is 4.80. The number of ether oxygens (including phenoxy) is 2. The van der Waals surface area contributed by atoms with E-state index in [1.54, 1.807) is 6.07 Å². The summed E-state index contributed by atoms with van der Waals surface area (Å²) in [7, 11) is 0. The normalized spacial score (nSPS) is 14.2. The Balaban J connectivity index is 2.60. The molecule has 1 aromatic rings. The Morgan fingerprint density at radius 2 is 2.14 bits per heavy atom. The minimum atomic E-state index is -0.0852. The maximum Gasteiger partial charge on any atom is 0.167 e. The van der Waals surface area contributed by atoms with Gasteiger partial charge in [0, 0.05) is 16.7 Å². The second-order valence-corrected chi connectivity index (χ2v) is 3.55. The van der Waals surface area contributed by atoms with Crippen molar-refractivity contribution in [3.63, 3.8) is 0 Å². The molecular weight excluding hydrogens is 204 g/mol. The molecule has 0 saturated carbocycles. The van der Waals surface area contributed by atoms with Crippen molar-refractivity contribution in [3.8, 4) is 11.5 Å². The number of benzene rings is 1. The molecule has 0 aliphatic carbocycles. The second-order valence-electron chi connectivity index (χ2n) is 3.14. The molecule has 1 N–H and O–H groups in total. The van der Waals surface area contributed by atoms with Crippen LogP contribution < -0.4 is 9.47 Å². The zero-order chi connectivity index (χ0) is 10.1. The van der Waals surface area contributed by atoms with E-state index in [4.69, 9.17) is 21.1 Å². The van der Waals surface area contributed by atoms with E-state index in [9.17, 15) is 5.11 Å². The highest BCUT2D eigenvalue weighted by Crippen LogP contribution is 2.39. The van der Waals surface area contributed by atoms with Crippen LogP contribution >= 0.6 is 11.6 Å². The van der Waals surface area contributed by atoms with Crippen LogP contribution in [0.2, 0.25) is 5.02 Å². The molecule has 1 aliphatic heterocycles. The van der Waals surface area contributed by atoms with Crippen molar-refractivity contribution in [1.82, 2.24) is 0 Å². The third-order valence-electron chi connectivity index (χ3n) is 2.31. The van der Waals surface area contributed by atoms with Crippen molar-refractivity contribution in [2.24, 2.45) is 0 Å². The van der Waals surface area contributed by atoms with Crippen molar-refractivity contribution in [2.75, 3.05) is 13.2 Å². The van der Waals surface area contributed by atoms with Gasteiger partial charge in [0.15, 0.2) is 11.5 Å². The van der Waals surface area contributed by atoms with Gasteiger partial charge in [0.05, 0.1) is 6.61 Å². The van der Waals surface area contributed by atoms with Gasteiger partial charge in [0.25, 0.3) is 0 Å². The van der Waals surface area contributed by atoms with E-state index in [0.29, 0.717) is 35.3 Å². The van der Waals surface area contributed by atoms with E-state index >= 15 is 0 Å². The predicted octanol–water partition coefficient (Wildman–Crippen LogP) is 1.91. The van der Waals surface area contributed by atoms with Gasteiger partial charge in [-0.15, -0.1) is 0 Å². The maximum absolute atomic E-state index is 9.20. The Morgan fingerprint density at radius 3 is 2.86 bits per heavy atom. The molecule has 1 heterocycles. The molecule has 0 spiro atoms. The van der Waals surface area contributed by atoms with E-state index in [0.717, 1.165) is 5.56 Å². The Labute approximate surface area is 87.2 Å². The summed E-state index contributed by atoms with van der Waals surface area (Å²) >= 11 is 5.98. The average molecular weight is 215 g/mol. The predicted molar refractivity (Wildman–Crippen MR) is 53.1 cm³/mol. The van der Waals surface area contributed by atoms with Crippen LogP contribution in [0.15, 0.2) is 6.07 Å². The smallest absolute Gasteiger partial charge is 0.167 e. The summed E-state index contributed by atoms with van der Waals surface area (Å²) in [5.74, 6) is 1.25. The van der Waals surface area contributed by atoms with Crippen molar-refractivity contribution >= 4 is 11.6 Å². The van der Waals surface area contributed by atoms with Crippen molar-refractivity contribution < 1.29 is 14.6 Å². The quantitative estimate of drug-likeness (QED) is 0.776. The third kappa shape index (κ3) is 1.42. The number of aliphatic hydroxyl groups excluding tert-OH is 1. The largest absolute Gasteiger partial charge is 0.486 e. The van der Waals surface area contributed by atoms with Crippen LogP contribution in [0.1, 0.15) is 11.1 Å². The molecule has 4 heteroatoms. The summed E-state index contributed by atoms with van der Waals surface area (Å²) in [6.45, 7) is 2.81. The average Bonchev–Trinajstić information content (AvgIpc) is 2.20. The van der Waals surface area contributed by atoms with Crippen LogP contribution in [0.3, 0.4) is 0 Å². The van der Waals surface area contributed by atoms with Crippen LogP contribution in [0, 0.1) is 6.92 Å². The van der Waals surface area contributed by atoms with Crippen LogP contribution in [-0.2, 0) is 6.61 Å². The zero-order valence-corrected chi connectivity index (χ0v) is 8.60. The van der Waals surface area contributed by atoms with E-state index in [1.807, 2.05) is 6.92 Å². The lowest BCUT2D eigenvalue weighted by Crippen LogP contribution is -2.17. The Morgan fingerprint density at radius 1 is 1.43 bits per heavy atom. The van der Waals surface area contributed by atoms with E-state index < -0.39 is 0 Å². The molecule has 1 aliphatic rings. The fraction of sp³-hybridized carbons (Fsp3) is 0.400. The van der Waals surface area contributed by atoms with E-state index in [2.05, 4.69) is 0 Å². The summed E-state index contributed by atoms with van der Waals surface area (Å²) in [5, 5.41) is 9.80. The molecule has 1 aromatic carbocycles. The topological polar surface area (TPSA) is 38.7 Å². The van der Waals surface area contributed by atoms with Gasteiger partial charge in [-0.3, -0.25) is 0 Å². The molecule has 0 atom stereocenters. The molecule has 0 aromatic heterocycles. The van der Waals surface area contributed by atoms with Gasteiger partial charge >= 0.3 is 0 Å².